The summed E-state index contributed by atoms with van der Waals surface area (Å²) < 4.78 is 15.9. The lowest BCUT2D eigenvalue weighted by Gasteiger charge is -2.26. The molecule has 8 heteroatoms. The zero-order chi connectivity index (χ0) is 19.1. The second kappa shape index (κ2) is 7.29. The molecule has 3 heterocycles. The van der Waals surface area contributed by atoms with E-state index in [1.54, 1.807) is 12.3 Å². The van der Waals surface area contributed by atoms with Gasteiger partial charge in [-0.25, -0.2) is 19.3 Å². The zero-order valence-corrected chi connectivity index (χ0v) is 16.2. The monoisotopic (exact) mass is 400 g/mol. The Bertz CT molecular complexity index is 989. The maximum Gasteiger partial charge on any atom is 0.209 e. The van der Waals surface area contributed by atoms with Gasteiger partial charge in [0.1, 0.15) is 17.2 Å². The summed E-state index contributed by atoms with van der Waals surface area (Å²) in [7, 11) is 0. The van der Waals surface area contributed by atoms with E-state index in [0.717, 1.165) is 55.3 Å². The van der Waals surface area contributed by atoms with Gasteiger partial charge in [-0.15, -0.1) is 0 Å². The fraction of sp³-hybridized carbons (Fsp3) is 0.450. The van der Waals surface area contributed by atoms with Gasteiger partial charge in [0, 0.05) is 23.2 Å². The third-order valence-corrected chi connectivity index (χ3v) is 5.66. The number of benzene rings is 1. The zero-order valence-electron chi connectivity index (χ0n) is 15.5. The molecule has 0 bridgehead atoms. The molecule has 2 fully saturated rings. The first-order valence-corrected chi connectivity index (χ1v) is 10.2. The second-order valence-corrected chi connectivity index (χ2v) is 8.15. The van der Waals surface area contributed by atoms with Crippen molar-refractivity contribution in [1.29, 1.82) is 0 Å². The van der Waals surface area contributed by atoms with Gasteiger partial charge in [0.15, 0.2) is 5.65 Å². The predicted molar refractivity (Wildman–Crippen MR) is 108 cm³/mol. The molecule has 3 aromatic rings. The quantitative estimate of drug-likeness (QED) is 0.670. The lowest BCUT2D eigenvalue weighted by atomic mass is 10.1. The lowest BCUT2D eigenvalue weighted by molar-refractivity contribution is 0.376. The summed E-state index contributed by atoms with van der Waals surface area (Å²) in [5, 5.41) is 7.00. The molecule has 0 atom stereocenters. The number of halogens is 2. The minimum atomic E-state index is -0.383. The van der Waals surface area contributed by atoms with E-state index < -0.39 is 0 Å². The third-order valence-electron chi connectivity index (χ3n) is 5.44. The van der Waals surface area contributed by atoms with E-state index in [-0.39, 0.29) is 11.9 Å². The molecule has 5 rings (SSSR count). The van der Waals surface area contributed by atoms with Crippen molar-refractivity contribution in [1.82, 2.24) is 24.8 Å². The standard InChI is InChI=1S/C20H22ClFN6/c21-13-8-14(22)10-15(9-13)25-20-26-17-11-24-18(7-12-1-2-12)27-19(17)28(20)16-3-5-23-6-4-16/h8-12,16,23H,1-7H2,(H,25,26). The number of rotatable bonds is 5. The molecule has 0 spiro atoms. The number of hydrogen-bond acceptors (Lipinski definition) is 5. The molecule has 2 aromatic heterocycles. The summed E-state index contributed by atoms with van der Waals surface area (Å²) in [6.45, 7) is 1.91. The van der Waals surface area contributed by atoms with Crippen LogP contribution in [0.25, 0.3) is 11.2 Å². The Labute approximate surface area is 167 Å². The summed E-state index contributed by atoms with van der Waals surface area (Å²) in [5.41, 5.74) is 2.17. The van der Waals surface area contributed by atoms with Crippen LogP contribution in [-0.4, -0.2) is 32.6 Å². The average molecular weight is 401 g/mol. The second-order valence-electron chi connectivity index (χ2n) is 7.71. The summed E-state index contributed by atoms with van der Waals surface area (Å²) in [5.74, 6) is 1.87. The van der Waals surface area contributed by atoms with Gasteiger partial charge < -0.3 is 10.6 Å². The Morgan fingerprint density at radius 1 is 1.14 bits per heavy atom. The third kappa shape index (κ3) is 3.69. The van der Waals surface area contributed by atoms with Crippen LogP contribution in [0.1, 0.15) is 37.5 Å². The van der Waals surface area contributed by atoms with Crippen LogP contribution in [0.2, 0.25) is 5.02 Å². The first-order chi connectivity index (χ1) is 13.7. The first-order valence-electron chi connectivity index (χ1n) is 9.83. The van der Waals surface area contributed by atoms with Gasteiger partial charge in [-0.05, 0) is 62.9 Å². The smallest absolute Gasteiger partial charge is 0.209 e. The lowest BCUT2D eigenvalue weighted by Crippen LogP contribution is -2.30. The van der Waals surface area contributed by atoms with Gasteiger partial charge in [0.2, 0.25) is 5.95 Å². The fourth-order valence-corrected chi connectivity index (χ4v) is 4.08. The van der Waals surface area contributed by atoms with Crippen molar-refractivity contribution in [3.63, 3.8) is 0 Å². The highest BCUT2D eigenvalue weighted by Gasteiger charge is 2.26. The highest BCUT2D eigenvalue weighted by Crippen LogP contribution is 2.33. The molecule has 0 amide bonds. The minimum Gasteiger partial charge on any atom is -0.325 e. The first kappa shape index (κ1) is 17.8. The molecule has 0 unspecified atom stereocenters. The van der Waals surface area contributed by atoms with Gasteiger partial charge in [-0.3, -0.25) is 4.57 Å². The molecule has 1 saturated carbocycles. The summed E-state index contributed by atoms with van der Waals surface area (Å²) in [4.78, 5) is 14.1. The van der Waals surface area contributed by atoms with E-state index in [1.807, 2.05) is 0 Å². The molecular formula is C20H22ClFN6. The maximum absolute atomic E-state index is 13.8. The normalized spacial score (nSPS) is 17.9. The van der Waals surface area contributed by atoms with Gasteiger partial charge in [-0.1, -0.05) is 11.6 Å². The van der Waals surface area contributed by atoms with Crippen molar-refractivity contribution >= 4 is 34.4 Å². The van der Waals surface area contributed by atoms with E-state index in [0.29, 0.717) is 16.7 Å². The van der Waals surface area contributed by atoms with Crippen molar-refractivity contribution in [2.24, 2.45) is 5.92 Å². The molecule has 1 aromatic carbocycles. The van der Waals surface area contributed by atoms with Gasteiger partial charge >= 0.3 is 0 Å². The van der Waals surface area contributed by atoms with Gasteiger partial charge in [0.05, 0.1) is 6.20 Å². The summed E-state index contributed by atoms with van der Waals surface area (Å²) >= 11 is 6.02. The number of nitrogens with one attached hydrogen (secondary N) is 2. The largest absolute Gasteiger partial charge is 0.325 e. The molecule has 1 saturated heterocycles. The number of fused-ring (bicyclic) bond motifs is 1. The number of imidazole rings is 1. The molecule has 146 valence electrons. The Hall–Kier alpha value is -2.25. The van der Waals surface area contributed by atoms with Crippen molar-refractivity contribution in [2.75, 3.05) is 18.4 Å². The topological polar surface area (TPSA) is 67.7 Å². The van der Waals surface area contributed by atoms with Crippen LogP contribution >= 0.6 is 11.6 Å². The molecule has 28 heavy (non-hydrogen) atoms. The number of nitrogens with zero attached hydrogens (tertiary/aromatic N) is 4. The van der Waals surface area contributed by atoms with Crippen molar-refractivity contribution < 1.29 is 4.39 Å². The Balaban J connectivity index is 1.57. The molecule has 2 N–H and O–H groups in total. The van der Waals surface area contributed by atoms with E-state index in [9.17, 15) is 4.39 Å². The molecule has 1 aliphatic carbocycles. The van der Waals surface area contributed by atoms with Gasteiger partial charge in [0.25, 0.3) is 0 Å². The summed E-state index contributed by atoms with van der Waals surface area (Å²) in [6.07, 6.45) is 7.25. The van der Waals surface area contributed by atoms with Crippen LogP contribution in [0, 0.1) is 11.7 Å². The number of aromatic nitrogens is 4. The van der Waals surface area contributed by atoms with Crippen LogP contribution in [0.5, 0.6) is 0 Å². The van der Waals surface area contributed by atoms with E-state index in [4.69, 9.17) is 21.6 Å². The minimum absolute atomic E-state index is 0.279. The average Bonchev–Trinajstić information content (AvgIpc) is 3.41. The van der Waals surface area contributed by atoms with Gasteiger partial charge in [-0.2, -0.15) is 0 Å². The SMILES string of the molecule is Fc1cc(Cl)cc(Nc2nc3cnc(CC4CC4)nc3n2C2CCNCC2)c1. The van der Waals surface area contributed by atoms with Crippen molar-refractivity contribution in [2.45, 2.75) is 38.1 Å². The Kier molecular flexibility index (Phi) is 4.64. The Morgan fingerprint density at radius 2 is 1.96 bits per heavy atom. The van der Waals surface area contributed by atoms with Crippen LogP contribution in [0.4, 0.5) is 16.0 Å². The number of anilines is 2. The highest BCUT2D eigenvalue weighted by atomic mass is 35.5. The summed E-state index contributed by atoms with van der Waals surface area (Å²) in [6, 6.07) is 4.68. The molecular weight excluding hydrogens is 379 g/mol. The van der Waals surface area contributed by atoms with Crippen LogP contribution in [0.15, 0.2) is 24.4 Å². The van der Waals surface area contributed by atoms with E-state index >= 15 is 0 Å². The number of piperidine rings is 1. The van der Waals surface area contributed by atoms with Crippen LogP contribution < -0.4 is 10.6 Å². The fourth-order valence-electron chi connectivity index (χ4n) is 3.86. The van der Waals surface area contributed by atoms with Crippen LogP contribution in [0.3, 0.4) is 0 Å². The van der Waals surface area contributed by atoms with E-state index in [1.165, 1.54) is 25.0 Å². The number of hydrogen-bond donors (Lipinski definition) is 2. The Morgan fingerprint density at radius 3 is 2.71 bits per heavy atom. The molecule has 1 aliphatic heterocycles. The predicted octanol–water partition coefficient (Wildman–Crippen LogP) is 4.24. The maximum atomic E-state index is 13.8. The molecule has 2 aliphatic rings. The molecule has 6 nitrogen and oxygen atoms in total. The van der Waals surface area contributed by atoms with Crippen molar-refractivity contribution in [3.8, 4) is 0 Å². The van der Waals surface area contributed by atoms with E-state index in [2.05, 4.69) is 20.2 Å². The van der Waals surface area contributed by atoms with Crippen LogP contribution in [-0.2, 0) is 6.42 Å². The highest BCUT2D eigenvalue weighted by molar-refractivity contribution is 6.30. The van der Waals surface area contributed by atoms with Crippen molar-refractivity contribution in [3.05, 3.63) is 41.1 Å². The molecule has 0 radical (unpaired) electrons.